The van der Waals surface area contributed by atoms with E-state index in [2.05, 4.69) is 92.2 Å². The third-order valence-corrected chi connectivity index (χ3v) is 5.81. The van der Waals surface area contributed by atoms with Crippen LogP contribution in [0.3, 0.4) is 0 Å². The molecule has 5 heteroatoms. The highest BCUT2D eigenvalue weighted by Crippen LogP contribution is 2.30. The predicted octanol–water partition coefficient (Wildman–Crippen LogP) is 4.77. The van der Waals surface area contributed by atoms with Crippen molar-refractivity contribution >= 4 is 11.7 Å². The number of hydrogen-bond donors (Lipinski definition) is 2. The summed E-state index contributed by atoms with van der Waals surface area (Å²) < 4.78 is 9.13. The van der Waals surface area contributed by atoms with Crippen molar-refractivity contribution < 1.29 is 0 Å². The van der Waals surface area contributed by atoms with Gasteiger partial charge in [-0.3, -0.25) is 0 Å². The van der Waals surface area contributed by atoms with Gasteiger partial charge in [0.15, 0.2) is 0 Å². The van der Waals surface area contributed by atoms with E-state index in [1.165, 1.54) is 34.0 Å². The molecule has 2 N–H and O–H groups in total. The molecule has 29 heavy (non-hydrogen) atoms. The van der Waals surface area contributed by atoms with Gasteiger partial charge in [-0.1, -0.05) is 72.8 Å². The Kier molecular flexibility index (Phi) is 5.17. The maximum absolute atomic E-state index is 4.57. The Morgan fingerprint density at radius 1 is 0.483 bits per heavy atom. The van der Waals surface area contributed by atoms with E-state index in [1.807, 2.05) is 0 Å². The Balaban J connectivity index is 1.48. The van der Waals surface area contributed by atoms with Crippen molar-refractivity contribution in [3.8, 4) is 22.5 Å². The second-order valence-corrected chi connectivity index (χ2v) is 7.91. The number of hydrogen-bond acceptors (Lipinski definition) is 5. The summed E-state index contributed by atoms with van der Waals surface area (Å²) in [5.74, 6) is 0. The SMILES string of the molecule is c1cc2ccc1CNCc1ccc(cc1)-c1nsnc1-c1ccc(cc1)CNC2. The Morgan fingerprint density at radius 3 is 1.14 bits per heavy atom. The number of nitrogens with one attached hydrogen (secondary N) is 2. The van der Waals surface area contributed by atoms with E-state index >= 15 is 0 Å². The molecule has 5 aliphatic rings. The van der Waals surface area contributed by atoms with Crippen LogP contribution in [0.25, 0.3) is 22.5 Å². The zero-order valence-corrected chi connectivity index (χ0v) is 16.9. The minimum atomic E-state index is 0.840. The van der Waals surface area contributed by atoms with Gasteiger partial charge in [-0.05, 0) is 22.3 Å². The van der Waals surface area contributed by atoms with Crippen molar-refractivity contribution in [3.63, 3.8) is 0 Å². The summed E-state index contributed by atoms with van der Waals surface area (Å²) in [4.78, 5) is 0. The van der Waals surface area contributed by atoms with Crippen LogP contribution >= 0.6 is 11.7 Å². The standard InChI is InChI=1S/C24H22N4S/c1-2-18-4-3-17(1)13-25-15-19-5-9-21(10-6-19)23-24(28-29-27-23)22-11-7-20(8-12-22)16-26-14-18/h1-12,25-26H,13-16H2. The van der Waals surface area contributed by atoms with Gasteiger partial charge in [0.25, 0.3) is 0 Å². The molecule has 0 fully saturated rings. The summed E-state index contributed by atoms with van der Waals surface area (Å²) in [6.45, 7) is 3.41. The van der Waals surface area contributed by atoms with Crippen LogP contribution < -0.4 is 10.6 Å². The molecule has 3 aromatic carbocycles. The van der Waals surface area contributed by atoms with E-state index in [-0.39, 0.29) is 0 Å². The second kappa shape index (κ2) is 8.25. The lowest BCUT2D eigenvalue weighted by molar-refractivity contribution is 0.686. The van der Waals surface area contributed by atoms with E-state index in [1.54, 1.807) is 0 Å². The molecule has 0 saturated heterocycles. The van der Waals surface area contributed by atoms with Crippen LogP contribution in [-0.4, -0.2) is 8.75 Å². The van der Waals surface area contributed by atoms with Crippen molar-refractivity contribution in [1.29, 1.82) is 0 Å². The average molecular weight is 399 g/mol. The molecule has 144 valence electrons. The summed E-state index contributed by atoms with van der Waals surface area (Å²) in [7, 11) is 0. The van der Waals surface area contributed by atoms with Crippen LogP contribution in [-0.2, 0) is 26.2 Å². The first-order valence-electron chi connectivity index (χ1n) is 9.85. The lowest BCUT2D eigenvalue weighted by Crippen LogP contribution is -2.14. The van der Waals surface area contributed by atoms with Gasteiger partial charge in [0, 0.05) is 37.3 Å². The average Bonchev–Trinajstić information content (AvgIpc) is 3.25. The first-order chi connectivity index (χ1) is 14.3. The van der Waals surface area contributed by atoms with Crippen molar-refractivity contribution in [2.45, 2.75) is 26.2 Å². The largest absolute Gasteiger partial charge is 0.309 e. The van der Waals surface area contributed by atoms with E-state index in [4.69, 9.17) is 0 Å². The van der Waals surface area contributed by atoms with E-state index < -0.39 is 0 Å². The van der Waals surface area contributed by atoms with Crippen LogP contribution in [0.2, 0.25) is 0 Å². The molecule has 0 spiro atoms. The van der Waals surface area contributed by atoms with Gasteiger partial charge in [0.05, 0.1) is 11.7 Å². The van der Waals surface area contributed by atoms with Gasteiger partial charge < -0.3 is 10.6 Å². The smallest absolute Gasteiger partial charge is 0.112 e. The molecule has 6 bridgehead atoms. The van der Waals surface area contributed by atoms with Crippen LogP contribution in [0.4, 0.5) is 0 Å². The molecule has 4 aromatic rings. The lowest BCUT2D eigenvalue weighted by Gasteiger charge is -2.10. The Morgan fingerprint density at radius 2 is 0.793 bits per heavy atom. The van der Waals surface area contributed by atoms with Crippen molar-refractivity contribution in [2.24, 2.45) is 0 Å². The van der Waals surface area contributed by atoms with Gasteiger partial charge in [-0.2, -0.15) is 8.75 Å². The lowest BCUT2D eigenvalue weighted by atomic mass is 10.0. The third-order valence-electron chi connectivity index (χ3n) is 5.28. The number of nitrogens with zero attached hydrogens (tertiary/aromatic N) is 2. The van der Waals surface area contributed by atoms with E-state index in [0.717, 1.165) is 48.7 Å². The van der Waals surface area contributed by atoms with Gasteiger partial charge >= 0.3 is 0 Å². The van der Waals surface area contributed by atoms with Gasteiger partial charge in [0.1, 0.15) is 11.4 Å². The molecular formula is C24H22N4S. The van der Waals surface area contributed by atoms with Crippen LogP contribution in [0, 0.1) is 0 Å². The summed E-state index contributed by atoms with van der Waals surface area (Å²) >= 11 is 1.27. The zero-order chi connectivity index (χ0) is 19.5. The molecule has 0 unspecified atom stereocenters. The highest BCUT2D eigenvalue weighted by Gasteiger charge is 2.13. The van der Waals surface area contributed by atoms with E-state index in [0.29, 0.717) is 0 Å². The fourth-order valence-electron chi connectivity index (χ4n) is 3.61. The van der Waals surface area contributed by atoms with E-state index in [9.17, 15) is 0 Å². The molecule has 0 amide bonds. The number of aromatic nitrogens is 2. The Labute approximate surface area is 175 Å². The third kappa shape index (κ3) is 4.12. The molecule has 5 aliphatic heterocycles. The molecule has 6 heterocycles. The van der Waals surface area contributed by atoms with Crippen molar-refractivity contribution in [2.75, 3.05) is 0 Å². The maximum Gasteiger partial charge on any atom is 0.112 e. The normalized spacial score (nSPS) is 14.1. The monoisotopic (exact) mass is 398 g/mol. The zero-order valence-electron chi connectivity index (χ0n) is 16.1. The first kappa shape index (κ1) is 18.2. The van der Waals surface area contributed by atoms with Crippen molar-refractivity contribution in [3.05, 3.63) is 95.1 Å². The van der Waals surface area contributed by atoms with Gasteiger partial charge in [-0.15, -0.1) is 0 Å². The minimum absolute atomic E-state index is 0.840. The van der Waals surface area contributed by atoms with Crippen LogP contribution in [0.15, 0.2) is 72.8 Å². The predicted molar refractivity (Wildman–Crippen MR) is 118 cm³/mol. The quantitative estimate of drug-likeness (QED) is 0.448. The summed E-state index contributed by atoms with van der Waals surface area (Å²) in [6, 6.07) is 26.1. The van der Waals surface area contributed by atoms with Crippen LogP contribution in [0.5, 0.6) is 0 Å². The Hall–Kier alpha value is -2.86. The molecule has 4 nitrogen and oxygen atoms in total. The summed E-state index contributed by atoms with van der Waals surface area (Å²) in [5.41, 5.74) is 9.24. The molecular weight excluding hydrogens is 376 g/mol. The highest BCUT2D eigenvalue weighted by molar-refractivity contribution is 6.99. The number of rotatable bonds is 0. The molecule has 1 aromatic heterocycles. The fraction of sp³-hybridized carbons (Fsp3) is 0.167. The fourth-order valence-corrected chi connectivity index (χ4v) is 4.19. The second-order valence-electron chi connectivity index (χ2n) is 7.38. The summed E-state index contributed by atoms with van der Waals surface area (Å²) in [6.07, 6.45) is 0. The molecule has 0 aliphatic carbocycles. The minimum Gasteiger partial charge on any atom is -0.309 e. The Bertz CT molecular complexity index is 996. The number of fused-ring (bicyclic) bond motifs is 1. The molecule has 0 atom stereocenters. The highest BCUT2D eigenvalue weighted by atomic mass is 32.1. The maximum atomic E-state index is 4.57. The van der Waals surface area contributed by atoms with Gasteiger partial charge in [0.2, 0.25) is 0 Å². The van der Waals surface area contributed by atoms with Gasteiger partial charge in [-0.25, -0.2) is 0 Å². The molecule has 0 saturated carbocycles. The summed E-state index contributed by atoms with van der Waals surface area (Å²) in [5, 5.41) is 7.06. The van der Waals surface area contributed by atoms with Crippen molar-refractivity contribution in [1.82, 2.24) is 19.4 Å². The number of benzene rings is 3. The molecule has 9 rings (SSSR count). The topological polar surface area (TPSA) is 49.8 Å². The van der Waals surface area contributed by atoms with Crippen LogP contribution in [0.1, 0.15) is 22.3 Å². The molecule has 0 radical (unpaired) electrons. The first-order valence-corrected chi connectivity index (χ1v) is 10.6.